The van der Waals surface area contributed by atoms with Gasteiger partial charge in [0.15, 0.2) is 0 Å². The number of methoxy groups -OCH3 is 1. The lowest BCUT2D eigenvalue weighted by atomic mass is 9.74. The van der Waals surface area contributed by atoms with E-state index in [0.717, 1.165) is 5.56 Å². The summed E-state index contributed by atoms with van der Waals surface area (Å²) in [6, 6.07) is 15.2. The van der Waals surface area contributed by atoms with Gasteiger partial charge in [-0.25, -0.2) is 0 Å². The number of halogens is 6. The predicted molar refractivity (Wildman–Crippen MR) is 120 cm³/mol. The molecule has 0 aromatic heterocycles. The fourth-order valence-corrected chi connectivity index (χ4v) is 4.96. The Balaban J connectivity index is 1.96. The van der Waals surface area contributed by atoms with Gasteiger partial charge in [0.1, 0.15) is 5.75 Å². The topological polar surface area (TPSA) is 44.7 Å². The summed E-state index contributed by atoms with van der Waals surface area (Å²) in [7, 11) is 1.41. The Labute approximate surface area is 200 Å². The summed E-state index contributed by atoms with van der Waals surface area (Å²) in [4.78, 5) is 1.26. The molecule has 1 heterocycles. The molecule has 0 saturated carbocycles. The van der Waals surface area contributed by atoms with Crippen LogP contribution < -0.4 is 10.1 Å². The molecule has 0 radical (unpaired) electrons. The zero-order valence-electron chi connectivity index (χ0n) is 19.3. The average Bonchev–Trinajstić information content (AvgIpc) is 2.81. The number of hydrogen-bond donors (Lipinski definition) is 2. The van der Waals surface area contributed by atoms with Gasteiger partial charge in [-0.05, 0) is 24.0 Å². The van der Waals surface area contributed by atoms with Crippen LogP contribution in [-0.2, 0) is 6.54 Å². The van der Waals surface area contributed by atoms with E-state index in [9.17, 15) is 31.4 Å². The van der Waals surface area contributed by atoms with Crippen LogP contribution in [0.15, 0.2) is 54.6 Å². The third kappa shape index (κ3) is 6.89. The monoisotopic (exact) mass is 504 g/mol. The van der Waals surface area contributed by atoms with E-state index in [4.69, 9.17) is 4.74 Å². The van der Waals surface area contributed by atoms with Crippen molar-refractivity contribution in [1.29, 1.82) is 0 Å². The number of rotatable bonds is 9. The highest BCUT2D eigenvalue weighted by atomic mass is 19.4. The fourth-order valence-electron chi connectivity index (χ4n) is 4.96. The van der Waals surface area contributed by atoms with Crippen molar-refractivity contribution in [3.05, 3.63) is 65.7 Å². The number of aliphatic hydroxyl groups excluding tert-OH is 1. The van der Waals surface area contributed by atoms with E-state index in [2.05, 4.69) is 5.32 Å². The third-order valence-electron chi connectivity index (χ3n) is 6.65. The highest BCUT2D eigenvalue weighted by Gasteiger charge is 2.58. The molecule has 0 aliphatic carbocycles. The Morgan fingerprint density at radius 2 is 1.51 bits per heavy atom. The lowest BCUT2D eigenvalue weighted by molar-refractivity contribution is -0.259. The largest absolute Gasteiger partial charge is 0.496 e. The Bertz CT molecular complexity index is 898. The fraction of sp³-hybridized carbons (Fsp3) is 0.520. The summed E-state index contributed by atoms with van der Waals surface area (Å²) in [5, 5.41) is 12.4. The van der Waals surface area contributed by atoms with Gasteiger partial charge < -0.3 is 15.2 Å². The molecule has 1 aliphatic rings. The van der Waals surface area contributed by atoms with E-state index in [1.807, 2.05) is 30.3 Å². The van der Waals surface area contributed by atoms with Crippen LogP contribution in [0.5, 0.6) is 5.75 Å². The van der Waals surface area contributed by atoms with Crippen molar-refractivity contribution >= 4 is 0 Å². The van der Waals surface area contributed by atoms with Gasteiger partial charge in [0.2, 0.25) is 0 Å². The zero-order valence-corrected chi connectivity index (χ0v) is 19.3. The molecule has 0 bridgehead atoms. The number of alkyl halides is 6. The number of ether oxygens (including phenoxy) is 1. The van der Waals surface area contributed by atoms with E-state index in [-0.39, 0.29) is 6.54 Å². The first-order chi connectivity index (χ1) is 16.6. The quantitative estimate of drug-likeness (QED) is 0.461. The van der Waals surface area contributed by atoms with Crippen molar-refractivity contribution in [2.24, 2.45) is 17.8 Å². The van der Waals surface area contributed by atoms with Crippen LogP contribution in [0.1, 0.15) is 23.6 Å². The van der Waals surface area contributed by atoms with Crippen LogP contribution in [-0.4, -0.2) is 55.7 Å². The van der Waals surface area contributed by atoms with Gasteiger partial charge >= 0.3 is 12.4 Å². The van der Waals surface area contributed by atoms with E-state index in [1.165, 1.54) is 12.0 Å². The highest BCUT2D eigenvalue weighted by molar-refractivity contribution is 5.36. The SMILES string of the molecule is COc1ccccc1C(CNCc1ccccc1)N1CC(C(F)(F)F)C(CCO)C(C(F)(F)F)C1. The first kappa shape index (κ1) is 27.3. The first-order valence-electron chi connectivity index (χ1n) is 11.4. The van der Waals surface area contributed by atoms with Crippen molar-refractivity contribution in [2.75, 3.05) is 33.4 Å². The lowest BCUT2D eigenvalue weighted by Gasteiger charge is -2.47. The molecule has 10 heteroatoms. The molecular weight excluding hydrogens is 474 g/mol. The Morgan fingerprint density at radius 3 is 2.06 bits per heavy atom. The molecule has 35 heavy (non-hydrogen) atoms. The molecule has 1 saturated heterocycles. The van der Waals surface area contributed by atoms with Crippen molar-refractivity contribution in [1.82, 2.24) is 10.2 Å². The Hall–Kier alpha value is -2.30. The van der Waals surface area contributed by atoms with E-state index in [1.54, 1.807) is 24.3 Å². The van der Waals surface area contributed by atoms with Crippen LogP contribution >= 0.6 is 0 Å². The number of aliphatic hydroxyl groups is 1. The van der Waals surface area contributed by atoms with Gasteiger partial charge in [-0.15, -0.1) is 0 Å². The van der Waals surface area contributed by atoms with E-state index < -0.39 is 62.3 Å². The summed E-state index contributed by atoms with van der Waals surface area (Å²) in [5.74, 6) is -5.79. The van der Waals surface area contributed by atoms with Crippen LogP contribution in [0.2, 0.25) is 0 Å². The molecule has 4 nitrogen and oxygen atoms in total. The summed E-state index contributed by atoms with van der Waals surface area (Å²) in [5.41, 5.74) is 1.45. The predicted octanol–water partition coefficient (Wildman–Crippen LogP) is 5.20. The lowest BCUT2D eigenvalue weighted by Crippen LogP contribution is -2.57. The number of nitrogens with one attached hydrogen (secondary N) is 1. The van der Waals surface area contributed by atoms with Gasteiger partial charge in [0, 0.05) is 38.3 Å². The molecule has 0 amide bonds. The summed E-state index contributed by atoms with van der Waals surface area (Å²) >= 11 is 0. The highest BCUT2D eigenvalue weighted by Crippen LogP contribution is 2.48. The molecule has 3 unspecified atom stereocenters. The second kappa shape index (κ2) is 11.6. The maximum absolute atomic E-state index is 14.0. The van der Waals surface area contributed by atoms with Gasteiger partial charge in [-0.3, -0.25) is 4.90 Å². The summed E-state index contributed by atoms with van der Waals surface area (Å²) in [6.45, 7) is -1.42. The Morgan fingerprint density at radius 1 is 0.943 bits per heavy atom. The molecule has 2 aromatic carbocycles. The second-order valence-corrected chi connectivity index (χ2v) is 8.80. The normalized spacial score (nSPS) is 22.7. The third-order valence-corrected chi connectivity index (χ3v) is 6.65. The number of para-hydroxylation sites is 1. The molecule has 3 rings (SSSR count). The number of nitrogens with zero attached hydrogens (tertiary/aromatic N) is 1. The summed E-state index contributed by atoms with van der Waals surface area (Å²) < 4.78 is 89.5. The van der Waals surface area contributed by atoms with Crippen molar-refractivity contribution in [2.45, 2.75) is 31.4 Å². The van der Waals surface area contributed by atoms with E-state index >= 15 is 0 Å². The van der Waals surface area contributed by atoms with Crippen LogP contribution in [0.3, 0.4) is 0 Å². The standard InChI is InChI=1S/C25H30F6N2O2/c1-35-23-10-6-5-9-19(23)22(14-32-13-17-7-3-2-4-8-17)33-15-20(24(26,27)28)18(11-12-34)21(16-33)25(29,30)31/h2-10,18,20-22,32,34H,11-16H2,1H3. The van der Waals surface area contributed by atoms with Crippen LogP contribution in [0.25, 0.3) is 0 Å². The smallest absolute Gasteiger partial charge is 0.393 e. The average molecular weight is 505 g/mol. The summed E-state index contributed by atoms with van der Waals surface area (Å²) in [6.07, 6.45) is -10.2. The molecule has 2 aromatic rings. The maximum Gasteiger partial charge on any atom is 0.393 e. The molecule has 1 fully saturated rings. The van der Waals surface area contributed by atoms with Crippen molar-refractivity contribution < 1.29 is 36.2 Å². The molecule has 1 aliphatic heterocycles. The Kier molecular flexibility index (Phi) is 9.06. The number of piperidine rings is 1. The van der Waals surface area contributed by atoms with Crippen molar-refractivity contribution in [3.63, 3.8) is 0 Å². The molecule has 194 valence electrons. The van der Waals surface area contributed by atoms with Crippen molar-refractivity contribution in [3.8, 4) is 5.75 Å². The molecule has 0 spiro atoms. The second-order valence-electron chi connectivity index (χ2n) is 8.80. The number of benzene rings is 2. The molecule has 3 atom stereocenters. The minimum absolute atomic E-state index is 0.120. The first-order valence-corrected chi connectivity index (χ1v) is 11.4. The van der Waals surface area contributed by atoms with Gasteiger partial charge in [-0.1, -0.05) is 48.5 Å². The number of likely N-dealkylation sites (tertiary alicyclic amines) is 1. The zero-order chi connectivity index (χ0) is 25.6. The van der Waals surface area contributed by atoms with Gasteiger partial charge in [-0.2, -0.15) is 26.3 Å². The maximum atomic E-state index is 14.0. The number of hydrogen-bond acceptors (Lipinski definition) is 4. The minimum atomic E-state index is -4.84. The van der Waals surface area contributed by atoms with Crippen LogP contribution in [0.4, 0.5) is 26.3 Å². The minimum Gasteiger partial charge on any atom is -0.496 e. The van der Waals surface area contributed by atoms with E-state index in [0.29, 0.717) is 17.9 Å². The van der Waals surface area contributed by atoms with Gasteiger partial charge in [0.05, 0.1) is 25.0 Å². The van der Waals surface area contributed by atoms with Crippen LogP contribution in [0, 0.1) is 17.8 Å². The molecular formula is C25H30F6N2O2. The van der Waals surface area contributed by atoms with Gasteiger partial charge in [0.25, 0.3) is 0 Å². The molecule has 2 N–H and O–H groups in total.